The van der Waals surface area contributed by atoms with Crippen molar-refractivity contribution >= 4 is 33.8 Å². The van der Waals surface area contributed by atoms with E-state index in [1.807, 2.05) is 6.07 Å². The summed E-state index contributed by atoms with van der Waals surface area (Å²) in [5.74, 6) is -0.480. The maximum atomic E-state index is 12.5. The first-order valence-electron chi connectivity index (χ1n) is 6.55. The van der Waals surface area contributed by atoms with Crippen molar-refractivity contribution in [1.82, 2.24) is 0 Å². The Labute approximate surface area is 135 Å². The summed E-state index contributed by atoms with van der Waals surface area (Å²) in [6, 6.07) is 11.7. The molecule has 0 saturated carbocycles. The fraction of sp³-hybridized carbons (Fsp3) is 0.0588. The highest BCUT2D eigenvalue weighted by molar-refractivity contribution is 9.10. The normalized spacial score (nSPS) is 15.3. The third-order valence-electron chi connectivity index (χ3n) is 3.36. The van der Waals surface area contributed by atoms with E-state index in [4.69, 9.17) is 9.84 Å². The molecule has 0 aliphatic carbocycles. The first-order chi connectivity index (χ1) is 10.5. The van der Waals surface area contributed by atoms with Crippen LogP contribution >= 0.6 is 15.9 Å². The van der Waals surface area contributed by atoms with Crippen LogP contribution in [0.1, 0.15) is 26.3 Å². The monoisotopic (exact) mass is 358 g/mol. The largest absolute Gasteiger partial charge is 0.488 e. The first kappa shape index (κ1) is 14.5. The number of hydrogen-bond acceptors (Lipinski definition) is 3. The van der Waals surface area contributed by atoms with Crippen molar-refractivity contribution in [3.05, 3.63) is 69.2 Å². The SMILES string of the molecule is O=C(O)c1ccc(/C=C2\COc3ccc(Br)cc3C2=O)cc1. The number of carbonyl (C=O) groups excluding carboxylic acids is 1. The molecule has 0 radical (unpaired) electrons. The molecule has 0 unspecified atom stereocenters. The summed E-state index contributed by atoms with van der Waals surface area (Å²) < 4.78 is 6.41. The smallest absolute Gasteiger partial charge is 0.335 e. The number of fused-ring (bicyclic) bond motifs is 1. The number of rotatable bonds is 2. The van der Waals surface area contributed by atoms with E-state index in [1.165, 1.54) is 12.1 Å². The van der Waals surface area contributed by atoms with Gasteiger partial charge < -0.3 is 9.84 Å². The Morgan fingerprint density at radius 1 is 1.18 bits per heavy atom. The molecule has 0 aromatic heterocycles. The molecule has 110 valence electrons. The Morgan fingerprint density at radius 2 is 1.91 bits per heavy atom. The van der Waals surface area contributed by atoms with Crippen molar-refractivity contribution in [2.24, 2.45) is 0 Å². The molecule has 1 aliphatic heterocycles. The number of halogens is 1. The van der Waals surface area contributed by atoms with E-state index < -0.39 is 5.97 Å². The summed E-state index contributed by atoms with van der Waals surface area (Å²) in [5, 5.41) is 8.88. The Hall–Kier alpha value is -2.40. The molecular formula is C17H11BrO4. The summed E-state index contributed by atoms with van der Waals surface area (Å²) in [4.78, 5) is 23.3. The second kappa shape index (κ2) is 5.77. The lowest BCUT2D eigenvalue weighted by Crippen LogP contribution is -2.19. The molecule has 2 aromatic rings. The van der Waals surface area contributed by atoms with Gasteiger partial charge in [-0.05, 0) is 42.0 Å². The molecule has 2 aromatic carbocycles. The topological polar surface area (TPSA) is 63.6 Å². The highest BCUT2D eigenvalue weighted by Crippen LogP contribution is 2.30. The minimum absolute atomic E-state index is 0.0788. The molecule has 0 fully saturated rings. The van der Waals surface area contributed by atoms with Gasteiger partial charge in [0.2, 0.25) is 0 Å². The van der Waals surface area contributed by atoms with Crippen LogP contribution in [-0.2, 0) is 0 Å². The predicted octanol–water partition coefficient (Wildman–Crippen LogP) is 3.81. The van der Waals surface area contributed by atoms with Gasteiger partial charge in [0.15, 0.2) is 5.78 Å². The zero-order valence-corrected chi connectivity index (χ0v) is 13.0. The maximum Gasteiger partial charge on any atom is 0.335 e. The van der Waals surface area contributed by atoms with Crippen LogP contribution in [0.2, 0.25) is 0 Å². The minimum Gasteiger partial charge on any atom is -0.488 e. The molecule has 22 heavy (non-hydrogen) atoms. The third kappa shape index (κ3) is 2.80. The summed E-state index contributed by atoms with van der Waals surface area (Å²) >= 11 is 3.34. The number of benzene rings is 2. The van der Waals surface area contributed by atoms with Crippen molar-refractivity contribution in [2.75, 3.05) is 6.61 Å². The number of hydrogen-bond donors (Lipinski definition) is 1. The van der Waals surface area contributed by atoms with Crippen LogP contribution in [0, 0.1) is 0 Å². The second-order valence-electron chi connectivity index (χ2n) is 4.86. The molecular weight excluding hydrogens is 348 g/mol. The average Bonchev–Trinajstić information content (AvgIpc) is 2.51. The Kier molecular flexibility index (Phi) is 3.81. The van der Waals surface area contributed by atoms with Gasteiger partial charge in [0.1, 0.15) is 12.4 Å². The summed E-state index contributed by atoms with van der Waals surface area (Å²) in [6.07, 6.45) is 1.72. The van der Waals surface area contributed by atoms with E-state index in [-0.39, 0.29) is 18.0 Å². The molecule has 1 N–H and O–H groups in total. The van der Waals surface area contributed by atoms with Gasteiger partial charge in [0.05, 0.1) is 11.1 Å². The van der Waals surface area contributed by atoms with E-state index >= 15 is 0 Å². The fourth-order valence-electron chi connectivity index (χ4n) is 2.23. The maximum absolute atomic E-state index is 12.5. The summed E-state index contributed by atoms with van der Waals surface area (Å²) in [5.41, 5.74) is 2.03. The van der Waals surface area contributed by atoms with Crippen LogP contribution in [0.3, 0.4) is 0 Å². The minimum atomic E-state index is -0.977. The highest BCUT2D eigenvalue weighted by Gasteiger charge is 2.23. The lowest BCUT2D eigenvalue weighted by atomic mass is 9.98. The van der Waals surface area contributed by atoms with Gasteiger partial charge in [-0.25, -0.2) is 4.79 Å². The van der Waals surface area contributed by atoms with Crippen molar-refractivity contribution < 1.29 is 19.4 Å². The molecule has 0 bridgehead atoms. The van der Waals surface area contributed by atoms with Crippen molar-refractivity contribution in [2.45, 2.75) is 0 Å². The quantitative estimate of drug-likeness (QED) is 0.829. The van der Waals surface area contributed by atoms with Crippen molar-refractivity contribution in [3.63, 3.8) is 0 Å². The zero-order chi connectivity index (χ0) is 15.7. The molecule has 5 heteroatoms. The predicted molar refractivity (Wildman–Crippen MR) is 85.3 cm³/mol. The number of carboxylic acids is 1. The molecule has 0 saturated heterocycles. The molecule has 0 amide bonds. The highest BCUT2D eigenvalue weighted by atomic mass is 79.9. The van der Waals surface area contributed by atoms with Gasteiger partial charge in [-0.15, -0.1) is 0 Å². The van der Waals surface area contributed by atoms with Crippen LogP contribution in [0.25, 0.3) is 6.08 Å². The first-order valence-corrected chi connectivity index (χ1v) is 7.35. The number of carbonyl (C=O) groups is 2. The molecule has 1 aliphatic rings. The van der Waals surface area contributed by atoms with Crippen molar-refractivity contribution in [1.29, 1.82) is 0 Å². The molecule has 3 rings (SSSR count). The Bertz CT molecular complexity index is 791. The van der Waals surface area contributed by atoms with Gasteiger partial charge in [0.25, 0.3) is 0 Å². The van der Waals surface area contributed by atoms with Crippen LogP contribution in [-0.4, -0.2) is 23.5 Å². The van der Waals surface area contributed by atoms with E-state index in [9.17, 15) is 9.59 Å². The Morgan fingerprint density at radius 3 is 2.59 bits per heavy atom. The zero-order valence-electron chi connectivity index (χ0n) is 11.4. The fourth-order valence-corrected chi connectivity index (χ4v) is 2.59. The molecule has 4 nitrogen and oxygen atoms in total. The van der Waals surface area contributed by atoms with E-state index in [0.717, 1.165) is 10.0 Å². The van der Waals surface area contributed by atoms with Gasteiger partial charge in [-0.1, -0.05) is 28.1 Å². The van der Waals surface area contributed by atoms with Crippen LogP contribution < -0.4 is 4.74 Å². The van der Waals surface area contributed by atoms with E-state index in [1.54, 1.807) is 30.3 Å². The van der Waals surface area contributed by atoms with Gasteiger partial charge >= 0.3 is 5.97 Å². The van der Waals surface area contributed by atoms with Crippen LogP contribution in [0.15, 0.2) is 52.5 Å². The van der Waals surface area contributed by atoms with Crippen LogP contribution in [0.5, 0.6) is 5.75 Å². The van der Waals surface area contributed by atoms with Crippen LogP contribution in [0.4, 0.5) is 0 Å². The van der Waals surface area contributed by atoms with Crippen molar-refractivity contribution in [3.8, 4) is 5.75 Å². The standard InChI is InChI=1S/C17H11BrO4/c18-13-5-6-15-14(8-13)16(19)12(9-22-15)7-10-1-3-11(4-2-10)17(20)21/h1-8H,9H2,(H,20,21)/b12-7+. The van der Waals surface area contributed by atoms with Gasteiger partial charge in [-0.2, -0.15) is 0 Å². The van der Waals surface area contributed by atoms with E-state index in [0.29, 0.717) is 16.9 Å². The number of carboxylic acid groups (broad SMARTS) is 1. The third-order valence-corrected chi connectivity index (χ3v) is 3.85. The van der Waals surface area contributed by atoms with Gasteiger partial charge in [0, 0.05) is 10.0 Å². The Balaban J connectivity index is 1.92. The number of ether oxygens (including phenoxy) is 1. The molecule has 0 atom stereocenters. The lowest BCUT2D eigenvalue weighted by molar-refractivity contribution is 0.0696. The lowest BCUT2D eigenvalue weighted by Gasteiger charge is -2.19. The number of Topliss-reactive ketones (excluding diaryl/α,β-unsaturated/α-hetero) is 1. The molecule has 0 spiro atoms. The number of ketones is 1. The van der Waals surface area contributed by atoms with Gasteiger partial charge in [-0.3, -0.25) is 4.79 Å². The summed E-state index contributed by atoms with van der Waals surface area (Å²) in [7, 11) is 0. The average molecular weight is 359 g/mol. The summed E-state index contributed by atoms with van der Waals surface area (Å²) in [6.45, 7) is 0.203. The van der Waals surface area contributed by atoms with E-state index in [2.05, 4.69) is 15.9 Å². The second-order valence-corrected chi connectivity index (χ2v) is 5.77. The molecule has 1 heterocycles. The number of aromatic carboxylic acids is 1.